The maximum absolute atomic E-state index is 12.7. The number of fused-ring (bicyclic) bond motifs is 1. The first-order valence-corrected chi connectivity index (χ1v) is 9.19. The predicted octanol–water partition coefficient (Wildman–Crippen LogP) is 4.30. The van der Waals surface area contributed by atoms with Gasteiger partial charge in [-0.05, 0) is 36.4 Å². The van der Waals surface area contributed by atoms with Gasteiger partial charge in [-0.1, -0.05) is 6.07 Å². The van der Waals surface area contributed by atoms with Crippen LogP contribution in [0, 0.1) is 6.08 Å². The van der Waals surface area contributed by atoms with Gasteiger partial charge in [0.05, 0.1) is 18.9 Å². The van der Waals surface area contributed by atoms with Crippen LogP contribution in [0.4, 0.5) is 0 Å². The summed E-state index contributed by atoms with van der Waals surface area (Å²) in [5.74, 6) is 1.36. The summed E-state index contributed by atoms with van der Waals surface area (Å²) in [6.07, 6.45) is 13.7. The second-order valence-electron chi connectivity index (χ2n) is 6.65. The molecule has 6 heteroatoms. The topological polar surface area (TPSA) is 77.1 Å². The van der Waals surface area contributed by atoms with Crippen LogP contribution in [0.1, 0.15) is 39.1 Å². The molecule has 140 valence electrons. The van der Waals surface area contributed by atoms with Crippen molar-refractivity contribution in [3.8, 4) is 11.6 Å². The summed E-state index contributed by atoms with van der Waals surface area (Å²) >= 11 is 0. The van der Waals surface area contributed by atoms with Crippen LogP contribution < -0.4 is 4.74 Å². The molecule has 0 spiro atoms. The third-order valence-electron chi connectivity index (χ3n) is 4.76. The molecule has 1 atom stereocenters. The van der Waals surface area contributed by atoms with Crippen molar-refractivity contribution in [2.75, 3.05) is 6.61 Å². The number of ether oxygens (including phenoxy) is 2. The third-order valence-corrected chi connectivity index (χ3v) is 4.76. The predicted molar refractivity (Wildman–Crippen MR) is 107 cm³/mol. The van der Waals surface area contributed by atoms with E-state index in [0.29, 0.717) is 35.3 Å². The van der Waals surface area contributed by atoms with E-state index in [1.54, 1.807) is 48.9 Å². The van der Waals surface area contributed by atoms with Gasteiger partial charge in [-0.3, -0.25) is 4.79 Å². The van der Waals surface area contributed by atoms with Crippen molar-refractivity contribution >= 4 is 17.9 Å². The average Bonchev–Trinajstić information content (AvgIpc) is 3.44. The molecule has 2 aliphatic rings. The summed E-state index contributed by atoms with van der Waals surface area (Å²) in [5.41, 5.74) is 3.00. The number of aromatic nitrogens is 3. The van der Waals surface area contributed by atoms with Gasteiger partial charge in [0, 0.05) is 29.3 Å². The van der Waals surface area contributed by atoms with Crippen molar-refractivity contribution in [2.45, 2.75) is 5.92 Å². The van der Waals surface area contributed by atoms with Crippen LogP contribution in [0.25, 0.3) is 12.2 Å². The first-order chi connectivity index (χ1) is 14.3. The first kappa shape index (κ1) is 17.1. The van der Waals surface area contributed by atoms with Crippen molar-refractivity contribution in [1.82, 2.24) is 15.0 Å². The minimum absolute atomic E-state index is 0.116. The fraction of sp³-hybridized carbons (Fsp3) is 0.0870. The average molecular weight is 382 g/mol. The number of benzene rings is 1. The Balaban J connectivity index is 1.35. The lowest BCUT2D eigenvalue weighted by atomic mass is 10.0. The van der Waals surface area contributed by atoms with E-state index < -0.39 is 0 Å². The number of H-pyrrole nitrogens is 1. The number of carbonyl (C=O) groups excluding carboxylic acids is 1. The molecular weight excluding hydrogens is 366 g/mol. The zero-order valence-corrected chi connectivity index (χ0v) is 15.3. The first-order valence-electron chi connectivity index (χ1n) is 9.19. The number of hydrogen-bond acceptors (Lipinski definition) is 5. The SMILES string of the molecule is O=C(c1ccc(Oc2ncccc2C2C=COC2)cc1)c1nc2c([nH]1)C=C[C+]=C2. The summed E-state index contributed by atoms with van der Waals surface area (Å²) in [6, 6.07) is 10.8. The van der Waals surface area contributed by atoms with E-state index in [2.05, 4.69) is 21.0 Å². The molecule has 5 rings (SSSR count). The Morgan fingerprint density at radius 1 is 1.24 bits per heavy atom. The van der Waals surface area contributed by atoms with Crippen molar-refractivity contribution in [1.29, 1.82) is 0 Å². The second-order valence-corrected chi connectivity index (χ2v) is 6.65. The van der Waals surface area contributed by atoms with E-state index >= 15 is 0 Å². The van der Waals surface area contributed by atoms with Crippen LogP contribution in [0.3, 0.4) is 0 Å². The number of carbonyl (C=O) groups is 1. The summed E-state index contributed by atoms with van der Waals surface area (Å²) in [7, 11) is 0. The minimum Gasteiger partial charge on any atom is -0.501 e. The maximum Gasteiger partial charge on any atom is 0.229 e. The van der Waals surface area contributed by atoms with E-state index in [1.807, 2.05) is 24.3 Å². The largest absolute Gasteiger partial charge is 0.501 e. The Kier molecular flexibility index (Phi) is 4.24. The molecule has 3 aromatic rings. The number of ketones is 1. The molecule has 0 bridgehead atoms. The molecule has 3 heterocycles. The van der Waals surface area contributed by atoms with Crippen LogP contribution in [-0.2, 0) is 4.74 Å². The zero-order chi connectivity index (χ0) is 19.6. The van der Waals surface area contributed by atoms with Gasteiger partial charge >= 0.3 is 0 Å². The fourth-order valence-electron chi connectivity index (χ4n) is 3.26. The molecule has 29 heavy (non-hydrogen) atoms. The molecule has 0 fully saturated rings. The maximum atomic E-state index is 12.7. The van der Waals surface area contributed by atoms with Crippen LogP contribution in [0.2, 0.25) is 0 Å². The van der Waals surface area contributed by atoms with Gasteiger partial charge in [0.15, 0.2) is 11.5 Å². The molecule has 1 N–H and O–H groups in total. The third kappa shape index (κ3) is 3.33. The van der Waals surface area contributed by atoms with E-state index in [1.165, 1.54) is 0 Å². The minimum atomic E-state index is -0.181. The molecule has 0 saturated heterocycles. The number of imidazole rings is 1. The van der Waals surface area contributed by atoms with Gasteiger partial charge in [0.25, 0.3) is 0 Å². The molecule has 1 aliphatic carbocycles. The highest BCUT2D eigenvalue weighted by molar-refractivity contribution is 6.07. The van der Waals surface area contributed by atoms with Gasteiger partial charge in [0.2, 0.25) is 17.4 Å². The van der Waals surface area contributed by atoms with Gasteiger partial charge < -0.3 is 14.5 Å². The van der Waals surface area contributed by atoms with E-state index in [9.17, 15) is 4.79 Å². The van der Waals surface area contributed by atoms with Crippen LogP contribution >= 0.6 is 0 Å². The molecule has 0 saturated carbocycles. The van der Waals surface area contributed by atoms with E-state index in [0.717, 1.165) is 11.3 Å². The molecule has 2 aromatic heterocycles. The van der Waals surface area contributed by atoms with Crippen molar-refractivity contribution < 1.29 is 14.3 Å². The van der Waals surface area contributed by atoms with E-state index in [-0.39, 0.29) is 11.7 Å². The Hall–Kier alpha value is -4.02. The Morgan fingerprint density at radius 3 is 2.93 bits per heavy atom. The highest BCUT2D eigenvalue weighted by atomic mass is 16.5. The lowest BCUT2D eigenvalue weighted by molar-refractivity contribution is 0.103. The van der Waals surface area contributed by atoms with Crippen LogP contribution in [0.5, 0.6) is 11.6 Å². The standard InChI is InChI=1S/C23H15N3O3/c27-21(22-25-19-5-1-2-6-20(19)26-22)15-7-9-17(10-8-15)29-23-18(4-3-12-24-23)16-11-13-28-14-16/h1,3-13,16H,14H2/p+1. The lowest BCUT2D eigenvalue weighted by Gasteiger charge is -2.13. The summed E-state index contributed by atoms with van der Waals surface area (Å²) < 4.78 is 11.3. The van der Waals surface area contributed by atoms with Gasteiger partial charge in [-0.2, -0.15) is 4.98 Å². The summed E-state index contributed by atoms with van der Waals surface area (Å²) in [5, 5.41) is 0. The zero-order valence-electron chi connectivity index (χ0n) is 15.3. The fourth-order valence-corrected chi connectivity index (χ4v) is 3.26. The number of nitrogens with zero attached hydrogens (tertiary/aromatic N) is 2. The molecule has 1 aromatic carbocycles. The molecule has 6 nitrogen and oxygen atoms in total. The highest BCUT2D eigenvalue weighted by Crippen LogP contribution is 2.31. The Labute approximate surface area is 167 Å². The molecule has 1 aliphatic heterocycles. The number of allylic oxidation sites excluding steroid dienone is 2. The van der Waals surface area contributed by atoms with E-state index in [4.69, 9.17) is 9.47 Å². The number of hydrogen-bond donors (Lipinski definition) is 1. The second kappa shape index (κ2) is 7.19. The highest BCUT2D eigenvalue weighted by Gasteiger charge is 2.22. The van der Waals surface area contributed by atoms with Crippen LogP contribution in [0.15, 0.2) is 61.0 Å². The lowest BCUT2D eigenvalue weighted by Crippen LogP contribution is -2.04. The number of pyridine rings is 1. The van der Waals surface area contributed by atoms with Gasteiger partial charge in [0.1, 0.15) is 17.9 Å². The Bertz CT molecular complexity index is 1130. The Morgan fingerprint density at radius 2 is 2.14 bits per heavy atom. The van der Waals surface area contributed by atoms with Gasteiger partial charge in [-0.25, -0.2) is 4.98 Å². The summed E-state index contributed by atoms with van der Waals surface area (Å²) in [6.45, 7) is 0.574. The molecule has 0 amide bonds. The van der Waals surface area contributed by atoms with Gasteiger partial charge in [-0.15, -0.1) is 0 Å². The monoisotopic (exact) mass is 382 g/mol. The number of nitrogens with one attached hydrogen (secondary N) is 1. The van der Waals surface area contributed by atoms with Crippen molar-refractivity contribution in [2.24, 2.45) is 0 Å². The summed E-state index contributed by atoms with van der Waals surface area (Å²) in [4.78, 5) is 24.5. The number of aromatic amines is 1. The normalized spacial score (nSPS) is 16.2. The number of rotatable bonds is 5. The quantitative estimate of drug-likeness (QED) is 0.526. The van der Waals surface area contributed by atoms with Crippen LogP contribution in [-0.4, -0.2) is 27.3 Å². The van der Waals surface area contributed by atoms with Crippen molar-refractivity contribution in [3.63, 3.8) is 0 Å². The smallest absolute Gasteiger partial charge is 0.229 e. The molecule has 0 radical (unpaired) electrons. The van der Waals surface area contributed by atoms with Crippen molar-refractivity contribution in [3.05, 3.63) is 95.4 Å². The molecular formula is C23H16N3O3+. The molecule has 1 unspecified atom stereocenters.